The Hall–Kier alpha value is -2.57. The molecule has 26 heavy (non-hydrogen) atoms. The minimum Gasteiger partial charge on any atom is -0.489 e. The van der Waals surface area contributed by atoms with Gasteiger partial charge in [0.15, 0.2) is 0 Å². The number of morpholine rings is 1. The maximum atomic E-state index is 12.7. The molecule has 0 unspecified atom stereocenters. The molecule has 2 aromatic carbocycles. The molecule has 1 aliphatic heterocycles. The highest BCUT2D eigenvalue weighted by molar-refractivity contribution is 5.90. The highest BCUT2D eigenvalue weighted by atomic mass is 16.5. The van der Waals surface area contributed by atoms with Crippen LogP contribution in [0.2, 0.25) is 0 Å². The summed E-state index contributed by atoms with van der Waals surface area (Å²) in [6, 6.07) is 16.9. The molecule has 0 spiro atoms. The highest BCUT2D eigenvalue weighted by Crippen LogP contribution is 2.20. The lowest BCUT2D eigenvalue weighted by molar-refractivity contribution is 0.00727. The molecule has 2 aromatic rings. The molecular weight excluding hydrogens is 332 g/mol. The molecule has 1 saturated heterocycles. The van der Waals surface area contributed by atoms with Gasteiger partial charge < -0.3 is 24.8 Å². The van der Waals surface area contributed by atoms with Gasteiger partial charge in [-0.05, 0) is 24.6 Å². The van der Waals surface area contributed by atoms with Gasteiger partial charge in [-0.1, -0.05) is 36.4 Å². The monoisotopic (exact) mass is 356 g/mol. The molecule has 2 N–H and O–H groups in total. The van der Waals surface area contributed by atoms with Crippen LogP contribution >= 0.6 is 0 Å². The zero-order chi connectivity index (χ0) is 18.2. The second-order valence-corrected chi connectivity index (χ2v) is 6.12. The van der Waals surface area contributed by atoms with E-state index in [0.717, 1.165) is 17.0 Å². The number of ether oxygens (including phenoxy) is 2. The van der Waals surface area contributed by atoms with E-state index in [1.165, 1.54) is 0 Å². The maximum absolute atomic E-state index is 12.7. The summed E-state index contributed by atoms with van der Waals surface area (Å²) in [4.78, 5) is 14.4. The summed E-state index contributed by atoms with van der Waals surface area (Å²) >= 11 is 0. The molecule has 6 nitrogen and oxygen atoms in total. The average molecular weight is 356 g/mol. The van der Waals surface area contributed by atoms with Gasteiger partial charge in [0.1, 0.15) is 12.4 Å². The van der Waals surface area contributed by atoms with Crippen LogP contribution in [-0.4, -0.2) is 48.4 Å². The van der Waals surface area contributed by atoms with E-state index in [1.807, 2.05) is 54.6 Å². The van der Waals surface area contributed by atoms with Crippen molar-refractivity contribution in [2.45, 2.75) is 19.1 Å². The molecular formula is C20H24N2O4. The highest BCUT2D eigenvalue weighted by Gasteiger charge is 2.27. The first-order valence-corrected chi connectivity index (χ1v) is 8.80. The standard InChI is InChI=1S/C20H24N2O4/c23-12-10-17-15-25-13-11-22(17)20(24)21-19-9-5-4-6-16(19)14-26-18-7-2-1-3-8-18/h1-9,17,23H,10-15H2,(H,21,24)/t17-/m1/s1. The number of aliphatic hydroxyl groups excluding tert-OH is 1. The molecule has 2 amide bonds. The minimum absolute atomic E-state index is 0.0271. The zero-order valence-electron chi connectivity index (χ0n) is 14.6. The van der Waals surface area contributed by atoms with Crippen LogP contribution in [0.15, 0.2) is 54.6 Å². The Balaban J connectivity index is 1.66. The van der Waals surface area contributed by atoms with E-state index >= 15 is 0 Å². The normalized spacial score (nSPS) is 17.0. The molecule has 1 fully saturated rings. The van der Waals surface area contributed by atoms with Crippen molar-refractivity contribution in [2.24, 2.45) is 0 Å². The van der Waals surface area contributed by atoms with Crippen LogP contribution in [-0.2, 0) is 11.3 Å². The third-order valence-electron chi connectivity index (χ3n) is 4.35. The van der Waals surface area contributed by atoms with Crippen molar-refractivity contribution in [1.29, 1.82) is 0 Å². The molecule has 0 saturated carbocycles. The van der Waals surface area contributed by atoms with Crippen LogP contribution < -0.4 is 10.1 Å². The third-order valence-corrected chi connectivity index (χ3v) is 4.35. The van der Waals surface area contributed by atoms with Gasteiger partial charge in [-0.3, -0.25) is 0 Å². The van der Waals surface area contributed by atoms with Gasteiger partial charge in [0, 0.05) is 24.4 Å². The Bertz CT molecular complexity index is 706. The van der Waals surface area contributed by atoms with E-state index in [9.17, 15) is 9.90 Å². The van der Waals surface area contributed by atoms with E-state index in [-0.39, 0.29) is 18.7 Å². The first-order valence-electron chi connectivity index (χ1n) is 8.80. The van der Waals surface area contributed by atoms with Crippen LogP contribution in [0, 0.1) is 0 Å². The Kier molecular flexibility index (Phi) is 6.46. The van der Waals surface area contributed by atoms with Gasteiger partial charge in [-0.2, -0.15) is 0 Å². The number of anilines is 1. The van der Waals surface area contributed by atoms with E-state index in [2.05, 4.69) is 5.32 Å². The Morgan fingerprint density at radius 3 is 2.77 bits per heavy atom. The number of carbonyl (C=O) groups excluding carboxylic acids is 1. The summed E-state index contributed by atoms with van der Waals surface area (Å²) in [7, 11) is 0. The van der Waals surface area contributed by atoms with Crippen LogP contribution in [0.1, 0.15) is 12.0 Å². The fourth-order valence-electron chi connectivity index (χ4n) is 2.94. The summed E-state index contributed by atoms with van der Waals surface area (Å²) in [6.07, 6.45) is 0.506. The van der Waals surface area contributed by atoms with Crippen molar-refractivity contribution in [1.82, 2.24) is 4.90 Å². The SMILES string of the molecule is O=C(Nc1ccccc1COc1ccccc1)N1CCOC[C@H]1CCO. The topological polar surface area (TPSA) is 71.0 Å². The quantitative estimate of drug-likeness (QED) is 0.835. The second-order valence-electron chi connectivity index (χ2n) is 6.12. The molecule has 0 aliphatic carbocycles. The van der Waals surface area contributed by atoms with Crippen LogP contribution in [0.4, 0.5) is 10.5 Å². The van der Waals surface area contributed by atoms with E-state index < -0.39 is 0 Å². The van der Waals surface area contributed by atoms with Crippen LogP contribution in [0.25, 0.3) is 0 Å². The molecule has 0 aromatic heterocycles. The number of rotatable bonds is 6. The number of para-hydroxylation sites is 2. The smallest absolute Gasteiger partial charge is 0.322 e. The fraction of sp³-hybridized carbons (Fsp3) is 0.350. The second kappa shape index (κ2) is 9.22. The largest absolute Gasteiger partial charge is 0.489 e. The average Bonchev–Trinajstić information content (AvgIpc) is 2.69. The Morgan fingerprint density at radius 1 is 1.19 bits per heavy atom. The zero-order valence-corrected chi connectivity index (χ0v) is 14.6. The number of amides is 2. The number of aliphatic hydroxyl groups is 1. The number of nitrogens with one attached hydrogen (secondary N) is 1. The van der Waals surface area contributed by atoms with Crippen molar-refractivity contribution in [3.05, 3.63) is 60.2 Å². The lowest BCUT2D eigenvalue weighted by Crippen LogP contribution is -2.50. The molecule has 0 radical (unpaired) electrons. The number of benzene rings is 2. The number of carbonyl (C=O) groups is 1. The van der Waals surface area contributed by atoms with Crippen LogP contribution in [0.5, 0.6) is 5.75 Å². The van der Waals surface area contributed by atoms with Gasteiger partial charge in [-0.15, -0.1) is 0 Å². The molecule has 6 heteroatoms. The van der Waals surface area contributed by atoms with Crippen molar-refractivity contribution in [2.75, 3.05) is 31.7 Å². The van der Waals surface area contributed by atoms with E-state index in [0.29, 0.717) is 32.8 Å². The summed E-state index contributed by atoms with van der Waals surface area (Å²) in [5.41, 5.74) is 1.62. The molecule has 0 bridgehead atoms. The number of nitrogens with zero attached hydrogens (tertiary/aromatic N) is 1. The predicted molar refractivity (Wildman–Crippen MR) is 99.3 cm³/mol. The van der Waals surface area contributed by atoms with Gasteiger partial charge in [0.25, 0.3) is 0 Å². The maximum Gasteiger partial charge on any atom is 0.322 e. The fourth-order valence-corrected chi connectivity index (χ4v) is 2.94. The molecule has 1 heterocycles. The van der Waals surface area contributed by atoms with Gasteiger partial charge in [0.05, 0.1) is 19.3 Å². The number of hydrogen-bond acceptors (Lipinski definition) is 4. The number of urea groups is 1. The summed E-state index contributed by atoms with van der Waals surface area (Å²) < 4.78 is 11.2. The summed E-state index contributed by atoms with van der Waals surface area (Å²) in [5, 5.41) is 12.2. The van der Waals surface area contributed by atoms with Crippen molar-refractivity contribution < 1.29 is 19.4 Å². The van der Waals surface area contributed by atoms with Crippen molar-refractivity contribution in [3.63, 3.8) is 0 Å². The molecule has 138 valence electrons. The molecule has 3 rings (SSSR count). The lowest BCUT2D eigenvalue weighted by atomic mass is 10.1. The van der Waals surface area contributed by atoms with Gasteiger partial charge >= 0.3 is 6.03 Å². The van der Waals surface area contributed by atoms with Crippen molar-refractivity contribution >= 4 is 11.7 Å². The van der Waals surface area contributed by atoms with E-state index in [1.54, 1.807) is 4.90 Å². The lowest BCUT2D eigenvalue weighted by Gasteiger charge is -2.35. The number of hydrogen-bond donors (Lipinski definition) is 2. The summed E-state index contributed by atoms with van der Waals surface area (Å²) in [6.45, 7) is 1.86. The Labute approximate surface area is 153 Å². The first-order chi connectivity index (χ1) is 12.8. The third kappa shape index (κ3) is 4.74. The van der Waals surface area contributed by atoms with Crippen molar-refractivity contribution in [3.8, 4) is 5.75 Å². The summed E-state index contributed by atoms with van der Waals surface area (Å²) in [5.74, 6) is 0.782. The Morgan fingerprint density at radius 2 is 1.96 bits per heavy atom. The predicted octanol–water partition coefficient (Wildman–Crippen LogP) is 2.88. The van der Waals surface area contributed by atoms with Gasteiger partial charge in [-0.25, -0.2) is 4.79 Å². The molecule has 1 aliphatic rings. The molecule has 1 atom stereocenters. The van der Waals surface area contributed by atoms with Crippen LogP contribution in [0.3, 0.4) is 0 Å². The van der Waals surface area contributed by atoms with E-state index in [4.69, 9.17) is 9.47 Å². The van der Waals surface area contributed by atoms with Gasteiger partial charge in [0.2, 0.25) is 0 Å². The first kappa shape index (κ1) is 18.2. The minimum atomic E-state index is -0.182.